The lowest BCUT2D eigenvalue weighted by atomic mass is 10.3. The highest BCUT2D eigenvalue weighted by Crippen LogP contribution is 2.28. The molecule has 0 aliphatic rings. The Balaban J connectivity index is 3.26. The SMILES string of the molecule is O=[N+]([O-])c1cc(S(=O)(=O)N(CCCl)CCCl)ccc1Cl. The molecular formula is C10H11Cl3N2O4S. The number of halogens is 3. The zero-order valence-electron chi connectivity index (χ0n) is 10.1. The molecule has 1 aromatic rings. The number of hydrogen-bond acceptors (Lipinski definition) is 4. The Morgan fingerprint density at radius 1 is 1.20 bits per heavy atom. The fraction of sp³-hybridized carbons (Fsp3) is 0.400. The molecule has 6 nitrogen and oxygen atoms in total. The van der Waals surface area contributed by atoms with E-state index in [9.17, 15) is 18.5 Å². The normalized spacial score (nSPS) is 11.8. The van der Waals surface area contributed by atoms with E-state index in [0.717, 1.165) is 10.4 Å². The van der Waals surface area contributed by atoms with Gasteiger partial charge in [-0.15, -0.1) is 23.2 Å². The van der Waals surface area contributed by atoms with Crippen molar-refractivity contribution < 1.29 is 13.3 Å². The monoisotopic (exact) mass is 360 g/mol. The van der Waals surface area contributed by atoms with E-state index in [4.69, 9.17) is 34.8 Å². The number of nitro groups is 1. The minimum atomic E-state index is -3.90. The Kier molecular flexibility index (Phi) is 6.47. The molecule has 112 valence electrons. The zero-order valence-corrected chi connectivity index (χ0v) is 13.2. The van der Waals surface area contributed by atoms with Crippen molar-refractivity contribution >= 4 is 50.5 Å². The predicted octanol–water partition coefficient (Wildman–Crippen LogP) is 2.72. The molecule has 0 saturated carbocycles. The fourth-order valence-corrected chi connectivity index (χ4v) is 3.74. The molecule has 1 rings (SSSR count). The van der Waals surface area contributed by atoms with Gasteiger partial charge in [0.25, 0.3) is 5.69 Å². The fourth-order valence-electron chi connectivity index (χ4n) is 1.48. The average molecular weight is 362 g/mol. The molecule has 0 spiro atoms. The highest BCUT2D eigenvalue weighted by molar-refractivity contribution is 7.89. The lowest BCUT2D eigenvalue weighted by Gasteiger charge is -2.20. The Labute approximate surface area is 131 Å². The second kappa shape index (κ2) is 7.42. The minimum Gasteiger partial charge on any atom is -0.258 e. The summed E-state index contributed by atoms with van der Waals surface area (Å²) < 4.78 is 25.8. The molecule has 0 aliphatic heterocycles. The van der Waals surface area contributed by atoms with E-state index < -0.39 is 20.6 Å². The summed E-state index contributed by atoms with van der Waals surface area (Å²) in [6, 6.07) is 3.30. The van der Waals surface area contributed by atoms with Crippen LogP contribution in [0.25, 0.3) is 0 Å². The van der Waals surface area contributed by atoms with Gasteiger partial charge in [-0.1, -0.05) is 11.6 Å². The van der Waals surface area contributed by atoms with Gasteiger partial charge in [0.1, 0.15) is 5.02 Å². The molecule has 0 N–H and O–H groups in total. The summed E-state index contributed by atoms with van der Waals surface area (Å²) >= 11 is 16.8. The van der Waals surface area contributed by atoms with E-state index in [1.54, 1.807) is 0 Å². The maximum Gasteiger partial charge on any atom is 0.289 e. The topological polar surface area (TPSA) is 80.5 Å². The first-order valence-electron chi connectivity index (χ1n) is 5.40. The third-order valence-electron chi connectivity index (χ3n) is 2.42. The van der Waals surface area contributed by atoms with Crippen LogP contribution in [0, 0.1) is 10.1 Å². The third kappa shape index (κ3) is 3.95. The molecule has 0 unspecified atom stereocenters. The smallest absolute Gasteiger partial charge is 0.258 e. The van der Waals surface area contributed by atoms with Gasteiger partial charge in [0.15, 0.2) is 0 Å². The standard InChI is InChI=1S/C10H11Cl3N2O4S/c11-3-5-14(6-4-12)20(18,19)8-1-2-9(13)10(7-8)15(16)17/h1-2,7H,3-6H2. The van der Waals surface area contributed by atoms with Crippen LogP contribution in [0.3, 0.4) is 0 Å². The van der Waals surface area contributed by atoms with E-state index in [2.05, 4.69) is 0 Å². The van der Waals surface area contributed by atoms with E-state index in [1.807, 2.05) is 0 Å². The molecule has 10 heteroatoms. The van der Waals surface area contributed by atoms with Crippen LogP contribution in [0.4, 0.5) is 5.69 Å². The van der Waals surface area contributed by atoms with Crippen LogP contribution in [-0.2, 0) is 10.0 Å². The summed E-state index contributed by atoms with van der Waals surface area (Å²) in [4.78, 5) is 9.83. The first kappa shape index (κ1) is 17.5. The summed E-state index contributed by atoms with van der Waals surface area (Å²) in [6.07, 6.45) is 0. The molecule has 0 amide bonds. The van der Waals surface area contributed by atoms with Crippen molar-refractivity contribution in [3.63, 3.8) is 0 Å². The highest BCUT2D eigenvalue weighted by Gasteiger charge is 2.26. The molecule has 0 saturated heterocycles. The second-order valence-electron chi connectivity index (χ2n) is 3.65. The van der Waals surface area contributed by atoms with Crippen molar-refractivity contribution in [3.8, 4) is 0 Å². The number of benzene rings is 1. The summed E-state index contributed by atoms with van der Waals surface area (Å²) in [5.41, 5.74) is -0.468. The first-order chi connectivity index (χ1) is 9.34. The van der Waals surface area contributed by atoms with Crippen molar-refractivity contribution in [2.45, 2.75) is 4.90 Å². The third-order valence-corrected chi connectivity index (χ3v) is 4.97. The second-order valence-corrected chi connectivity index (χ2v) is 6.75. The van der Waals surface area contributed by atoms with Crippen LogP contribution in [0.2, 0.25) is 5.02 Å². The molecule has 0 radical (unpaired) electrons. The molecule has 20 heavy (non-hydrogen) atoms. The molecular weight excluding hydrogens is 351 g/mol. The maximum absolute atomic E-state index is 12.3. The molecule has 0 fully saturated rings. The lowest BCUT2D eigenvalue weighted by molar-refractivity contribution is -0.384. The average Bonchev–Trinajstić information content (AvgIpc) is 2.38. The van der Waals surface area contributed by atoms with Gasteiger partial charge in [-0.25, -0.2) is 8.42 Å². The summed E-state index contributed by atoms with van der Waals surface area (Å²) in [6.45, 7) is 0.125. The summed E-state index contributed by atoms with van der Waals surface area (Å²) in [5.74, 6) is 0.178. The van der Waals surface area contributed by atoms with Crippen LogP contribution >= 0.6 is 34.8 Å². The van der Waals surface area contributed by atoms with E-state index >= 15 is 0 Å². The number of nitro benzene ring substituents is 1. The number of sulfonamides is 1. The molecule has 1 aromatic carbocycles. The number of hydrogen-bond donors (Lipinski definition) is 0. The quantitative estimate of drug-likeness (QED) is 0.425. The van der Waals surface area contributed by atoms with Crippen molar-refractivity contribution in [1.29, 1.82) is 0 Å². The van der Waals surface area contributed by atoms with Gasteiger partial charge in [-0.3, -0.25) is 10.1 Å². The van der Waals surface area contributed by atoms with Gasteiger partial charge in [-0.2, -0.15) is 4.31 Å². The summed E-state index contributed by atoms with van der Waals surface area (Å²) in [5, 5.41) is 10.7. The number of alkyl halides is 2. The van der Waals surface area contributed by atoms with Crippen LogP contribution in [0.5, 0.6) is 0 Å². The van der Waals surface area contributed by atoms with E-state index in [0.29, 0.717) is 0 Å². The minimum absolute atomic E-state index is 0.0625. The Bertz CT molecular complexity index is 588. The van der Waals surface area contributed by atoms with Crippen LogP contribution in [0.1, 0.15) is 0 Å². The highest BCUT2D eigenvalue weighted by atomic mass is 35.5. The van der Waals surface area contributed by atoms with E-state index in [-0.39, 0.29) is 34.8 Å². The molecule has 0 heterocycles. The van der Waals surface area contributed by atoms with Crippen molar-refractivity contribution in [3.05, 3.63) is 33.3 Å². The van der Waals surface area contributed by atoms with Gasteiger partial charge in [0.2, 0.25) is 10.0 Å². The number of nitrogens with zero attached hydrogens (tertiary/aromatic N) is 2. The Morgan fingerprint density at radius 2 is 1.75 bits per heavy atom. The van der Waals surface area contributed by atoms with E-state index in [1.165, 1.54) is 12.1 Å². The summed E-state index contributed by atoms with van der Waals surface area (Å²) in [7, 11) is -3.90. The van der Waals surface area contributed by atoms with Crippen molar-refractivity contribution in [2.24, 2.45) is 0 Å². The molecule has 0 atom stereocenters. The van der Waals surface area contributed by atoms with Gasteiger partial charge >= 0.3 is 0 Å². The van der Waals surface area contributed by atoms with Gasteiger partial charge in [0.05, 0.1) is 9.82 Å². The molecule has 0 aliphatic carbocycles. The Morgan fingerprint density at radius 3 is 2.20 bits per heavy atom. The van der Waals surface area contributed by atoms with Gasteiger partial charge in [-0.05, 0) is 12.1 Å². The molecule has 0 aromatic heterocycles. The van der Waals surface area contributed by atoms with Crippen molar-refractivity contribution in [2.75, 3.05) is 24.8 Å². The largest absolute Gasteiger partial charge is 0.289 e. The Hall–Kier alpha value is -0.600. The van der Waals surface area contributed by atoms with Crippen LogP contribution < -0.4 is 0 Å². The molecule has 0 bridgehead atoms. The number of rotatable bonds is 7. The maximum atomic E-state index is 12.3. The lowest BCUT2D eigenvalue weighted by Crippen LogP contribution is -2.34. The zero-order chi connectivity index (χ0) is 15.3. The van der Waals surface area contributed by atoms with Crippen molar-refractivity contribution in [1.82, 2.24) is 4.31 Å². The first-order valence-corrected chi connectivity index (χ1v) is 8.29. The van der Waals surface area contributed by atoms with Crippen LogP contribution in [-0.4, -0.2) is 42.5 Å². The van der Waals surface area contributed by atoms with Gasteiger partial charge in [0, 0.05) is 30.9 Å². The van der Waals surface area contributed by atoms with Crippen LogP contribution in [0.15, 0.2) is 23.1 Å². The predicted molar refractivity (Wildman–Crippen MR) is 78.3 cm³/mol. The van der Waals surface area contributed by atoms with Gasteiger partial charge < -0.3 is 0 Å².